The molecule has 1 N–H and O–H groups in total. The molecular weight excluding hydrogens is 717 g/mol. The van der Waals surface area contributed by atoms with Crippen LogP contribution >= 0.6 is 7.82 Å². The first-order valence-corrected chi connectivity index (χ1v) is 22.6. The number of ether oxygens (including phenoxy) is 2. The molecule has 0 aromatic rings. The topological polar surface area (TPSA) is 131 Å². The fraction of sp³-hybridized carbons (Fsp3) is 0.727. The number of esters is 2. The van der Waals surface area contributed by atoms with Crippen LogP contribution in [0.3, 0.4) is 0 Å². The second-order valence-electron chi connectivity index (χ2n) is 15.2. The van der Waals surface area contributed by atoms with Crippen molar-refractivity contribution in [2.24, 2.45) is 0 Å². The number of quaternary nitrogens is 1. The van der Waals surface area contributed by atoms with E-state index in [1.165, 1.54) is 44.9 Å². The molecule has 1 unspecified atom stereocenters. The van der Waals surface area contributed by atoms with Gasteiger partial charge >= 0.3 is 11.9 Å². The monoisotopic (exact) mass is 796 g/mol. The lowest BCUT2D eigenvalue weighted by molar-refractivity contribution is -0.870. The molecule has 0 spiro atoms. The number of hydrogen-bond acceptors (Lipinski definition) is 9. The number of carbonyl (C=O) groups excluding carboxylic acids is 2. The lowest BCUT2D eigenvalue weighted by Gasteiger charge is -2.28. The summed E-state index contributed by atoms with van der Waals surface area (Å²) in [6.45, 7) is 3.92. The third-order valence-corrected chi connectivity index (χ3v) is 9.58. The van der Waals surface area contributed by atoms with Crippen molar-refractivity contribution in [2.75, 3.05) is 47.5 Å². The molecule has 0 amide bonds. The molecule has 0 saturated carbocycles. The summed E-state index contributed by atoms with van der Waals surface area (Å²) in [6, 6.07) is 0. The number of hydrogen-bond donors (Lipinski definition) is 1. The van der Waals surface area contributed by atoms with Gasteiger partial charge in [0.2, 0.25) is 0 Å². The van der Waals surface area contributed by atoms with Crippen molar-refractivity contribution in [3.8, 4) is 0 Å². The maximum absolute atomic E-state index is 12.7. The third kappa shape index (κ3) is 39.7. The van der Waals surface area contributed by atoms with E-state index in [2.05, 4.69) is 50.3 Å². The second kappa shape index (κ2) is 36.0. The molecule has 3 atom stereocenters. The summed E-state index contributed by atoms with van der Waals surface area (Å²) in [5.74, 6) is -1.05. The first kappa shape index (κ1) is 52.7. The molecule has 0 aromatic carbocycles. The fourth-order valence-electron chi connectivity index (χ4n) is 5.22. The normalized spacial score (nSPS) is 14.8. The third-order valence-electron chi connectivity index (χ3n) is 8.61. The highest BCUT2D eigenvalue weighted by molar-refractivity contribution is 7.45. The molecule has 0 fully saturated rings. The molecule has 0 rings (SSSR count). The zero-order valence-corrected chi connectivity index (χ0v) is 36.1. The van der Waals surface area contributed by atoms with Crippen molar-refractivity contribution in [3.63, 3.8) is 0 Å². The smallest absolute Gasteiger partial charge is 0.306 e. The average molecular weight is 796 g/mol. The first-order valence-electron chi connectivity index (χ1n) is 21.1. The van der Waals surface area contributed by atoms with Crippen molar-refractivity contribution >= 4 is 19.8 Å². The summed E-state index contributed by atoms with van der Waals surface area (Å²) < 4.78 is 33.6. The molecule has 0 heterocycles. The molecular formula is C44H78NO9P. The number of aliphatic hydroxyl groups is 1. The highest BCUT2D eigenvalue weighted by Gasteiger charge is 2.22. The van der Waals surface area contributed by atoms with Gasteiger partial charge < -0.3 is 33.0 Å². The molecule has 0 aliphatic carbocycles. The van der Waals surface area contributed by atoms with Gasteiger partial charge in [0.15, 0.2) is 6.10 Å². The summed E-state index contributed by atoms with van der Waals surface area (Å²) in [5, 5.41) is 10.3. The van der Waals surface area contributed by atoms with E-state index >= 15 is 0 Å². The number of carbonyl (C=O) groups is 2. The molecule has 0 aliphatic heterocycles. The van der Waals surface area contributed by atoms with Crippen LogP contribution < -0.4 is 4.89 Å². The van der Waals surface area contributed by atoms with E-state index < -0.39 is 38.6 Å². The summed E-state index contributed by atoms with van der Waals surface area (Å²) >= 11 is 0. The molecule has 318 valence electrons. The number of likely N-dealkylation sites (N-methyl/N-ethyl adjacent to an activating group) is 1. The number of phosphoric acid groups is 1. The Morgan fingerprint density at radius 2 is 1.22 bits per heavy atom. The van der Waals surface area contributed by atoms with E-state index in [-0.39, 0.29) is 26.1 Å². The van der Waals surface area contributed by atoms with Crippen molar-refractivity contribution in [2.45, 2.75) is 161 Å². The van der Waals surface area contributed by atoms with Crippen LogP contribution in [0.25, 0.3) is 0 Å². The van der Waals surface area contributed by atoms with Gasteiger partial charge in [-0.05, 0) is 70.6 Å². The van der Waals surface area contributed by atoms with Gasteiger partial charge in [-0.2, -0.15) is 0 Å². The summed E-state index contributed by atoms with van der Waals surface area (Å²) in [5.41, 5.74) is 0. The highest BCUT2D eigenvalue weighted by Crippen LogP contribution is 2.38. The van der Waals surface area contributed by atoms with Gasteiger partial charge in [0, 0.05) is 12.8 Å². The number of rotatable bonds is 37. The van der Waals surface area contributed by atoms with E-state index in [9.17, 15) is 24.2 Å². The number of aliphatic hydroxyl groups excluding tert-OH is 1. The standard InChI is InChI=1S/C44H78NO9P/c1-6-8-10-12-14-16-18-20-22-24-26-28-30-33-41(46)34-32-36-44(48)54-42(40-53-55(49,50)52-38-37-45(3,4)5)39-51-43(47)35-31-29-27-25-23-21-19-17-15-13-11-9-7-2/h14,16-17,19-20,22,26,28,30,33,41-42,46H,6-13,15,18,21,23-25,27,29,31-32,34-40H2,1-5H3/b16-14-,19-17-,22-20-,28-26-,33-30+/t41-,42+/m0/s1. The Balaban J connectivity index is 4.63. The van der Waals surface area contributed by atoms with E-state index in [4.69, 9.17) is 18.5 Å². The maximum atomic E-state index is 12.7. The molecule has 10 nitrogen and oxygen atoms in total. The van der Waals surface area contributed by atoms with E-state index in [0.717, 1.165) is 57.8 Å². The van der Waals surface area contributed by atoms with Crippen LogP contribution in [0.2, 0.25) is 0 Å². The Labute approximate surface area is 335 Å². The second-order valence-corrected chi connectivity index (χ2v) is 16.6. The Morgan fingerprint density at radius 3 is 1.89 bits per heavy atom. The van der Waals surface area contributed by atoms with Crippen LogP contribution in [0.5, 0.6) is 0 Å². The maximum Gasteiger partial charge on any atom is 0.306 e. The Morgan fingerprint density at radius 1 is 0.673 bits per heavy atom. The quantitative estimate of drug-likeness (QED) is 0.0163. The lowest BCUT2D eigenvalue weighted by atomic mass is 10.1. The molecule has 11 heteroatoms. The SMILES string of the molecule is CCCCC/C=C\C/C=C\C/C=C\C=C\[C@H](O)CCCC(=O)O[C@H](COC(=O)CCCCCCC/C=C\CCCCCC)COP(=O)([O-])OCC[N+](C)(C)C. The Kier molecular flexibility index (Phi) is 34.5. The van der Waals surface area contributed by atoms with Crippen molar-refractivity contribution in [1.29, 1.82) is 0 Å². The van der Waals surface area contributed by atoms with Crippen molar-refractivity contribution < 1.29 is 47.2 Å². The molecule has 0 bridgehead atoms. The summed E-state index contributed by atoms with van der Waals surface area (Å²) in [7, 11) is 1.03. The van der Waals surface area contributed by atoms with Gasteiger partial charge in [0.05, 0.1) is 33.9 Å². The van der Waals surface area contributed by atoms with E-state index in [0.29, 0.717) is 30.3 Å². The number of allylic oxidation sites excluding steroid dienone is 9. The molecule has 0 aliphatic rings. The van der Waals surface area contributed by atoms with Gasteiger partial charge in [0.25, 0.3) is 7.82 Å². The lowest BCUT2D eigenvalue weighted by Crippen LogP contribution is -2.37. The van der Waals surface area contributed by atoms with Crippen molar-refractivity contribution in [1.82, 2.24) is 0 Å². The first-order chi connectivity index (χ1) is 26.4. The van der Waals surface area contributed by atoms with Crippen LogP contribution in [0.1, 0.15) is 149 Å². The van der Waals surface area contributed by atoms with Crippen LogP contribution in [0, 0.1) is 0 Å². The van der Waals surface area contributed by atoms with Gasteiger partial charge in [-0.15, -0.1) is 0 Å². The molecule has 0 saturated heterocycles. The van der Waals surface area contributed by atoms with Crippen LogP contribution in [0.15, 0.2) is 60.8 Å². The largest absolute Gasteiger partial charge is 0.756 e. The van der Waals surface area contributed by atoms with Gasteiger partial charge in [-0.1, -0.05) is 126 Å². The van der Waals surface area contributed by atoms with Crippen LogP contribution in [0.4, 0.5) is 0 Å². The predicted octanol–water partition coefficient (Wildman–Crippen LogP) is 10.0. The van der Waals surface area contributed by atoms with Gasteiger partial charge in [-0.3, -0.25) is 14.2 Å². The van der Waals surface area contributed by atoms with Gasteiger partial charge in [0.1, 0.15) is 19.8 Å². The molecule has 55 heavy (non-hydrogen) atoms. The van der Waals surface area contributed by atoms with E-state index in [1.54, 1.807) is 12.2 Å². The average Bonchev–Trinajstić information content (AvgIpc) is 3.12. The fourth-order valence-corrected chi connectivity index (χ4v) is 5.95. The van der Waals surface area contributed by atoms with Gasteiger partial charge in [-0.25, -0.2) is 0 Å². The van der Waals surface area contributed by atoms with Crippen molar-refractivity contribution in [3.05, 3.63) is 60.8 Å². The zero-order chi connectivity index (χ0) is 40.9. The van der Waals surface area contributed by atoms with E-state index in [1.807, 2.05) is 33.3 Å². The molecule has 0 radical (unpaired) electrons. The Bertz CT molecular complexity index is 1140. The summed E-state index contributed by atoms with van der Waals surface area (Å²) in [4.78, 5) is 37.5. The molecule has 0 aromatic heterocycles. The minimum absolute atomic E-state index is 0.00713. The number of phosphoric ester groups is 1. The number of unbranched alkanes of at least 4 members (excludes halogenated alkanes) is 12. The predicted molar refractivity (Wildman–Crippen MR) is 223 cm³/mol. The zero-order valence-electron chi connectivity index (χ0n) is 35.2. The summed E-state index contributed by atoms with van der Waals surface area (Å²) in [6.07, 6.45) is 38.5. The van der Waals surface area contributed by atoms with Crippen LogP contribution in [-0.4, -0.2) is 81.2 Å². The Hall–Kier alpha value is -2.33. The van der Waals surface area contributed by atoms with Crippen LogP contribution in [-0.2, 0) is 32.7 Å². The minimum atomic E-state index is -4.68. The number of nitrogens with zero attached hydrogens (tertiary/aromatic N) is 1. The highest BCUT2D eigenvalue weighted by atomic mass is 31.2. The minimum Gasteiger partial charge on any atom is -0.756 e.